The van der Waals surface area contributed by atoms with Gasteiger partial charge < -0.3 is 9.47 Å². The van der Waals surface area contributed by atoms with Crippen LogP contribution in [0.2, 0.25) is 0 Å². The van der Waals surface area contributed by atoms with Crippen LogP contribution in [0.15, 0.2) is 100 Å². The number of esters is 1. The quantitative estimate of drug-likeness (QED) is 0.239. The molecule has 1 fully saturated rings. The normalized spacial score (nSPS) is 19.5. The van der Waals surface area contributed by atoms with Crippen LogP contribution in [0.4, 0.5) is 0 Å². The summed E-state index contributed by atoms with van der Waals surface area (Å²) >= 11 is 7.92. The predicted molar refractivity (Wildman–Crippen MR) is 134 cm³/mol. The first-order valence-electron chi connectivity index (χ1n) is 10.9. The third-order valence-corrected chi connectivity index (χ3v) is 7.12. The second-order valence-corrected chi connectivity index (χ2v) is 10.4. The molecule has 0 bridgehead atoms. The Morgan fingerprint density at radius 1 is 1.03 bits per heavy atom. The molecule has 4 nitrogen and oxygen atoms in total. The number of thioether (sulfide) groups is 1. The number of allylic oxidation sites excluding steroid dienone is 1. The molecule has 3 atom stereocenters. The molecule has 0 aromatic heterocycles. The molecule has 34 heavy (non-hydrogen) atoms. The number of hydrogen-bond acceptors (Lipinski definition) is 5. The van der Waals surface area contributed by atoms with E-state index in [2.05, 4.69) is 6.07 Å². The second kappa shape index (κ2) is 10.4. The minimum absolute atomic E-state index is 0.0594. The van der Waals surface area contributed by atoms with Crippen molar-refractivity contribution in [2.24, 2.45) is 17.3 Å². The zero-order valence-corrected chi connectivity index (χ0v) is 20.4. The number of carbonyl (C=O) groups excluding carboxylic acids is 1. The lowest BCUT2D eigenvalue weighted by Crippen LogP contribution is -2.14. The van der Waals surface area contributed by atoms with Gasteiger partial charge in [0.2, 0.25) is 6.10 Å². The summed E-state index contributed by atoms with van der Waals surface area (Å²) in [6.45, 7) is 4.01. The molecule has 0 saturated heterocycles. The van der Waals surface area contributed by atoms with Gasteiger partial charge in [-0.2, -0.15) is 5.26 Å². The van der Waals surface area contributed by atoms with Crippen LogP contribution in [0.3, 0.4) is 0 Å². The Kier molecular flexibility index (Phi) is 7.31. The molecule has 3 aromatic rings. The number of nitrogens with zero attached hydrogens (tertiary/aromatic N) is 1. The summed E-state index contributed by atoms with van der Waals surface area (Å²) in [6.07, 6.45) is 0.892. The van der Waals surface area contributed by atoms with Crippen LogP contribution in [0, 0.1) is 28.6 Å². The zero-order valence-electron chi connectivity index (χ0n) is 18.9. The molecule has 1 aliphatic rings. The van der Waals surface area contributed by atoms with E-state index in [1.165, 1.54) is 11.8 Å². The fourth-order valence-corrected chi connectivity index (χ4v) is 5.08. The molecule has 3 aromatic carbocycles. The van der Waals surface area contributed by atoms with E-state index >= 15 is 0 Å². The van der Waals surface area contributed by atoms with Crippen molar-refractivity contribution in [3.05, 3.63) is 101 Å². The van der Waals surface area contributed by atoms with Crippen molar-refractivity contribution in [2.45, 2.75) is 24.8 Å². The lowest BCUT2D eigenvalue weighted by molar-refractivity contribution is -0.149. The van der Waals surface area contributed by atoms with Gasteiger partial charge in [0, 0.05) is 10.5 Å². The number of para-hydroxylation sites is 1. The third kappa shape index (κ3) is 5.64. The highest BCUT2D eigenvalue weighted by molar-refractivity contribution is 8.04. The van der Waals surface area contributed by atoms with Gasteiger partial charge in [-0.05, 0) is 47.7 Å². The molecule has 0 heterocycles. The Morgan fingerprint density at radius 3 is 2.35 bits per heavy atom. The molecule has 1 aliphatic carbocycles. The van der Waals surface area contributed by atoms with Gasteiger partial charge in [-0.1, -0.05) is 91.8 Å². The Bertz CT molecular complexity index is 1220. The number of carbonyl (C=O) groups is 1. The van der Waals surface area contributed by atoms with E-state index < -0.39 is 12.1 Å². The standard InChI is InChI=1S/C28H24ClNO3S/c1-28(2)23(17-25(29)34-22-14-7-4-8-15-22)26(28)27(31)33-24(18-30)19-10-9-13-21(16-19)32-20-11-5-3-6-12-20/h3-17,23-24,26H,1-2H3/b25-17+. The van der Waals surface area contributed by atoms with Crippen molar-refractivity contribution in [1.82, 2.24) is 0 Å². The number of nitriles is 1. The van der Waals surface area contributed by atoms with Crippen LogP contribution >= 0.6 is 23.4 Å². The second-order valence-electron chi connectivity index (χ2n) is 8.64. The van der Waals surface area contributed by atoms with Crippen LogP contribution in [0.1, 0.15) is 25.5 Å². The van der Waals surface area contributed by atoms with Crippen LogP contribution in [0.25, 0.3) is 0 Å². The van der Waals surface area contributed by atoms with Crippen molar-refractivity contribution in [3.63, 3.8) is 0 Å². The van der Waals surface area contributed by atoms with E-state index in [4.69, 9.17) is 21.1 Å². The van der Waals surface area contributed by atoms with Crippen molar-refractivity contribution in [3.8, 4) is 17.6 Å². The summed E-state index contributed by atoms with van der Waals surface area (Å²) in [5, 5.41) is 9.71. The summed E-state index contributed by atoms with van der Waals surface area (Å²) in [7, 11) is 0. The fraction of sp³-hybridized carbons (Fsp3) is 0.214. The lowest BCUT2D eigenvalue weighted by Gasteiger charge is -2.13. The Labute approximate surface area is 209 Å². The zero-order chi connectivity index (χ0) is 24.1. The third-order valence-electron chi connectivity index (χ3n) is 5.92. The largest absolute Gasteiger partial charge is 0.457 e. The van der Waals surface area contributed by atoms with Crippen molar-refractivity contribution < 1.29 is 14.3 Å². The fourth-order valence-electron chi connectivity index (χ4n) is 3.94. The average molecular weight is 490 g/mol. The van der Waals surface area contributed by atoms with Crippen molar-refractivity contribution in [1.29, 1.82) is 5.26 Å². The summed E-state index contributed by atoms with van der Waals surface area (Å²) < 4.78 is 12.1. The SMILES string of the molecule is CC1(C)C(/C=C(\Cl)Sc2ccccc2)C1C(=O)OC(C#N)c1cccc(Oc2ccccc2)c1. The van der Waals surface area contributed by atoms with Gasteiger partial charge in [-0.3, -0.25) is 4.79 Å². The van der Waals surface area contributed by atoms with E-state index in [0.717, 1.165) is 4.90 Å². The maximum absolute atomic E-state index is 13.0. The van der Waals surface area contributed by atoms with Crippen LogP contribution in [0.5, 0.6) is 11.5 Å². The smallest absolute Gasteiger partial charge is 0.311 e. The van der Waals surface area contributed by atoms with Crippen LogP contribution < -0.4 is 4.74 Å². The molecule has 0 aliphatic heterocycles. The van der Waals surface area contributed by atoms with E-state index in [1.54, 1.807) is 24.3 Å². The van der Waals surface area contributed by atoms with Gasteiger partial charge in [0.25, 0.3) is 0 Å². The molecular formula is C28H24ClNO3S. The van der Waals surface area contributed by atoms with E-state index in [0.29, 0.717) is 21.4 Å². The number of hydrogen-bond donors (Lipinski definition) is 0. The molecule has 4 rings (SSSR count). The van der Waals surface area contributed by atoms with Gasteiger partial charge in [0.05, 0.1) is 10.3 Å². The molecule has 0 spiro atoms. The van der Waals surface area contributed by atoms with Crippen LogP contribution in [-0.2, 0) is 9.53 Å². The minimum Gasteiger partial charge on any atom is -0.457 e. The first kappa shape index (κ1) is 23.9. The number of ether oxygens (including phenoxy) is 2. The topological polar surface area (TPSA) is 59.3 Å². The molecule has 0 N–H and O–H groups in total. The Hall–Kier alpha value is -3.20. The first-order chi connectivity index (χ1) is 16.4. The molecule has 0 amide bonds. The molecule has 1 saturated carbocycles. The Morgan fingerprint density at radius 2 is 1.68 bits per heavy atom. The van der Waals surface area contributed by atoms with Gasteiger partial charge in [0.15, 0.2) is 0 Å². The summed E-state index contributed by atoms with van der Waals surface area (Å²) in [6, 6.07) is 28.3. The highest BCUT2D eigenvalue weighted by Crippen LogP contribution is 2.60. The first-order valence-corrected chi connectivity index (χ1v) is 12.1. The van der Waals surface area contributed by atoms with Crippen molar-refractivity contribution >= 4 is 29.3 Å². The lowest BCUT2D eigenvalue weighted by atomic mass is 10.1. The van der Waals surface area contributed by atoms with Gasteiger partial charge in [-0.15, -0.1) is 0 Å². The number of halogens is 1. The Balaban J connectivity index is 1.42. The molecule has 172 valence electrons. The average Bonchev–Trinajstić information content (AvgIpc) is 3.38. The van der Waals surface area contributed by atoms with E-state index in [-0.39, 0.29) is 17.3 Å². The maximum atomic E-state index is 13.0. The highest BCUT2D eigenvalue weighted by Gasteiger charge is 2.62. The van der Waals surface area contributed by atoms with E-state index in [9.17, 15) is 10.1 Å². The maximum Gasteiger partial charge on any atom is 0.311 e. The summed E-state index contributed by atoms with van der Waals surface area (Å²) in [4.78, 5) is 14.0. The molecule has 3 unspecified atom stereocenters. The van der Waals surface area contributed by atoms with Gasteiger partial charge in [0.1, 0.15) is 17.6 Å². The monoisotopic (exact) mass is 489 g/mol. The van der Waals surface area contributed by atoms with Crippen molar-refractivity contribution in [2.75, 3.05) is 0 Å². The number of rotatable bonds is 8. The predicted octanol–water partition coefficient (Wildman–Crippen LogP) is 7.73. The molecular weight excluding hydrogens is 466 g/mol. The van der Waals surface area contributed by atoms with Crippen LogP contribution in [-0.4, -0.2) is 5.97 Å². The van der Waals surface area contributed by atoms with E-state index in [1.807, 2.05) is 80.6 Å². The molecule has 6 heteroatoms. The highest BCUT2D eigenvalue weighted by atomic mass is 35.5. The summed E-state index contributed by atoms with van der Waals surface area (Å²) in [5.74, 6) is 0.427. The molecule has 0 radical (unpaired) electrons. The summed E-state index contributed by atoms with van der Waals surface area (Å²) in [5.41, 5.74) is 0.264. The van der Waals surface area contributed by atoms with Gasteiger partial charge >= 0.3 is 5.97 Å². The minimum atomic E-state index is -1.03. The van der Waals surface area contributed by atoms with Gasteiger partial charge in [-0.25, -0.2) is 0 Å². The number of benzene rings is 3.